The van der Waals surface area contributed by atoms with Gasteiger partial charge in [-0.3, -0.25) is 4.79 Å². The first-order valence-electron chi connectivity index (χ1n) is 8.10. The standard InChI is InChI=1S/C20H24N2O3/c1-13-5-6-15(12-23)17(18(13)24)11-21-22-19(25)14-7-9-16(10-8-14)20(2,3)4/h5-11,23-24H,12H2,1-4H3,(H,22,25)/b21-11+. The molecule has 2 aromatic rings. The van der Waals surface area contributed by atoms with Crippen molar-refractivity contribution in [1.82, 2.24) is 5.43 Å². The van der Waals surface area contributed by atoms with Gasteiger partial charge in [0.25, 0.3) is 5.91 Å². The minimum Gasteiger partial charge on any atom is -0.507 e. The van der Waals surface area contributed by atoms with E-state index in [9.17, 15) is 15.0 Å². The number of aryl methyl sites for hydroxylation is 1. The van der Waals surface area contributed by atoms with E-state index in [2.05, 4.69) is 31.3 Å². The molecule has 0 aliphatic carbocycles. The molecule has 0 bridgehead atoms. The highest BCUT2D eigenvalue weighted by Crippen LogP contribution is 2.24. The number of hydrazone groups is 1. The molecule has 0 saturated heterocycles. The Morgan fingerprint density at radius 2 is 1.80 bits per heavy atom. The molecule has 2 aromatic carbocycles. The second-order valence-electron chi connectivity index (χ2n) is 6.99. The molecule has 0 fully saturated rings. The van der Waals surface area contributed by atoms with Crippen molar-refractivity contribution in [2.75, 3.05) is 0 Å². The Kier molecular flexibility index (Phi) is 5.59. The van der Waals surface area contributed by atoms with Crippen LogP contribution in [0.3, 0.4) is 0 Å². The molecule has 0 heterocycles. The van der Waals surface area contributed by atoms with Gasteiger partial charge in [0.15, 0.2) is 0 Å². The summed E-state index contributed by atoms with van der Waals surface area (Å²) in [7, 11) is 0. The van der Waals surface area contributed by atoms with E-state index >= 15 is 0 Å². The molecular formula is C20H24N2O3. The van der Waals surface area contributed by atoms with E-state index in [1.54, 1.807) is 31.2 Å². The maximum Gasteiger partial charge on any atom is 0.271 e. The van der Waals surface area contributed by atoms with Crippen molar-refractivity contribution in [3.63, 3.8) is 0 Å². The van der Waals surface area contributed by atoms with Crippen molar-refractivity contribution in [3.8, 4) is 5.75 Å². The highest BCUT2D eigenvalue weighted by atomic mass is 16.3. The number of carbonyl (C=O) groups is 1. The SMILES string of the molecule is Cc1ccc(CO)c(/C=N/NC(=O)c2ccc(C(C)(C)C)cc2)c1O. The molecule has 0 spiro atoms. The number of hydrogen-bond acceptors (Lipinski definition) is 4. The fourth-order valence-corrected chi connectivity index (χ4v) is 2.38. The zero-order valence-corrected chi connectivity index (χ0v) is 15.0. The lowest BCUT2D eigenvalue weighted by atomic mass is 9.87. The first-order chi connectivity index (χ1) is 11.7. The van der Waals surface area contributed by atoms with E-state index in [-0.39, 0.29) is 23.7 Å². The normalized spacial score (nSPS) is 11.7. The van der Waals surface area contributed by atoms with E-state index < -0.39 is 0 Å². The van der Waals surface area contributed by atoms with Gasteiger partial charge < -0.3 is 10.2 Å². The van der Waals surface area contributed by atoms with Gasteiger partial charge in [-0.05, 0) is 41.2 Å². The number of phenolic OH excluding ortho intramolecular Hbond substituents is 1. The minimum atomic E-state index is -0.339. The zero-order chi connectivity index (χ0) is 18.6. The number of nitrogens with one attached hydrogen (secondary N) is 1. The third-order valence-corrected chi connectivity index (χ3v) is 4.05. The summed E-state index contributed by atoms with van der Waals surface area (Å²) >= 11 is 0. The van der Waals surface area contributed by atoms with E-state index in [1.807, 2.05) is 12.1 Å². The highest BCUT2D eigenvalue weighted by molar-refractivity contribution is 5.95. The van der Waals surface area contributed by atoms with Gasteiger partial charge in [-0.15, -0.1) is 0 Å². The number of benzene rings is 2. The third-order valence-electron chi connectivity index (χ3n) is 4.05. The first kappa shape index (κ1) is 18.7. The van der Waals surface area contributed by atoms with Crippen molar-refractivity contribution < 1.29 is 15.0 Å². The van der Waals surface area contributed by atoms with Crippen molar-refractivity contribution in [3.05, 3.63) is 64.2 Å². The van der Waals surface area contributed by atoms with Gasteiger partial charge in [0.2, 0.25) is 0 Å². The van der Waals surface area contributed by atoms with Crippen molar-refractivity contribution in [2.24, 2.45) is 5.10 Å². The van der Waals surface area contributed by atoms with Crippen LogP contribution in [0.4, 0.5) is 0 Å². The molecule has 0 aliphatic rings. The molecule has 3 N–H and O–H groups in total. The fourth-order valence-electron chi connectivity index (χ4n) is 2.38. The lowest BCUT2D eigenvalue weighted by molar-refractivity contribution is 0.0955. The fraction of sp³-hybridized carbons (Fsp3) is 0.300. The van der Waals surface area contributed by atoms with Gasteiger partial charge in [-0.1, -0.05) is 45.0 Å². The van der Waals surface area contributed by atoms with E-state index in [0.717, 1.165) is 5.56 Å². The molecule has 1 amide bonds. The quantitative estimate of drug-likeness (QED) is 0.590. The summed E-state index contributed by atoms with van der Waals surface area (Å²) in [6.45, 7) is 7.86. The molecule has 0 saturated carbocycles. The second kappa shape index (κ2) is 7.49. The Morgan fingerprint density at radius 1 is 1.16 bits per heavy atom. The van der Waals surface area contributed by atoms with Crippen molar-refractivity contribution >= 4 is 12.1 Å². The Balaban J connectivity index is 2.12. The van der Waals surface area contributed by atoms with Crippen LogP contribution in [-0.2, 0) is 12.0 Å². The summed E-state index contributed by atoms with van der Waals surface area (Å²) in [5.41, 5.74) is 5.71. The van der Waals surface area contributed by atoms with Gasteiger partial charge in [-0.25, -0.2) is 5.43 Å². The molecule has 5 heteroatoms. The first-order valence-corrected chi connectivity index (χ1v) is 8.10. The smallest absolute Gasteiger partial charge is 0.271 e. The number of aromatic hydroxyl groups is 1. The Morgan fingerprint density at radius 3 is 2.36 bits per heavy atom. The predicted molar refractivity (Wildman–Crippen MR) is 99.0 cm³/mol. The van der Waals surface area contributed by atoms with E-state index in [4.69, 9.17) is 0 Å². The van der Waals surface area contributed by atoms with E-state index in [1.165, 1.54) is 6.21 Å². The van der Waals surface area contributed by atoms with Crippen molar-refractivity contribution in [2.45, 2.75) is 39.7 Å². The maximum absolute atomic E-state index is 12.2. The summed E-state index contributed by atoms with van der Waals surface area (Å²) in [6.07, 6.45) is 1.34. The van der Waals surface area contributed by atoms with Gasteiger partial charge >= 0.3 is 0 Å². The van der Waals surface area contributed by atoms with Gasteiger partial charge in [0.05, 0.1) is 12.8 Å². The molecular weight excluding hydrogens is 316 g/mol. The average molecular weight is 340 g/mol. The van der Waals surface area contributed by atoms with Crippen LogP contribution >= 0.6 is 0 Å². The number of aliphatic hydroxyl groups excluding tert-OH is 1. The number of nitrogens with zero attached hydrogens (tertiary/aromatic N) is 1. The minimum absolute atomic E-state index is 0.0244. The maximum atomic E-state index is 12.2. The molecule has 0 aromatic heterocycles. The number of hydrogen-bond donors (Lipinski definition) is 3. The topological polar surface area (TPSA) is 81.9 Å². The molecule has 0 radical (unpaired) electrons. The van der Waals surface area contributed by atoms with Crippen LogP contribution < -0.4 is 5.43 Å². The van der Waals surface area contributed by atoms with Crippen LogP contribution in [-0.4, -0.2) is 22.3 Å². The Labute approximate surface area is 148 Å². The second-order valence-corrected chi connectivity index (χ2v) is 6.99. The molecule has 25 heavy (non-hydrogen) atoms. The van der Waals surface area contributed by atoms with Crippen molar-refractivity contribution in [1.29, 1.82) is 0 Å². The number of carbonyl (C=O) groups excluding carboxylic acids is 1. The molecule has 0 atom stereocenters. The zero-order valence-electron chi connectivity index (χ0n) is 15.0. The number of aliphatic hydroxyl groups is 1. The highest BCUT2D eigenvalue weighted by Gasteiger charge is 2.14. The number of amides is 1. The lowest BCUT2D eigenvalue weighted by Crippen LogP contribution is -2.18. The van der Waals surface area contributed by atoms with Gasteiger partial charge in [-0.2, -0.15) is 5.10 Å². The van der Waals surface area contributed by atoms with Gasteiger partial charge in [0, 0.05) is 11.1 Å². The molecule has 0 aliphatic heterocycles. The van der Waals surface area contributed by atoms with Crippen LogP contribution in [0.2, 0.25) is 0 Å². The summed E-state index contributed by atoms with van der Waals surface area (Å²) < 4.78 is 0. The average Bonchev–Trinajstić information content (AvgIpc) is 2.58. The number of rotatable bonds is 4. The summed E-state index contributed by atoms with van der Waals surface area (Å²) in [4.78, 5) is 12.2. The Bertz CT molecular complexity index is 788. The molecule has 132 valence electrons. The van der Waals surface area contributed by atoms with Crippen LogP contribution in [0.1, 0.15) is 53.4 Å². The third kappa shape index (κ3) is 4.45. The van der Waals surface area contributed by atoms with Crippen LogP contribution in [0.5, 0.6) is 5.75 Å². The monoisotopic (exact) mass is 340 g/mol. The van der Waals surface area contributed by atoms with Crippen LogP contribution in [0.15, 0.2) is 41.5 Å². The molecule has 0 unspecified atom stereocenters. The van der Waals surface area contributed by atoms with Crippen LogP contribution in [0.25, 0.3) is 0 Å². The lowest BCUT2D eigenvalue weighted by Gasteiger charge is -2.18. The van der Waals surface area contributed by atoms with Crippen LogP contribution in [0, 0.1) is 6.92 Å². The van der Waals surface area contributed by atoms with Gasteiger partial charge in [0.1, 0.15) is 5.75 Å². The number of phenols is 1. The molecule has 2 rings (SSSR count). The molecule has 5 nitrogen and oxygen atoms in total. The predicted octanol–water partition coefficient (Wildman–Crippen LogP) is 3.25. The summed E-state index contributed by atoms with van der Waals surface area (Å²) in [5, 5.41) is 23.3. The summed E-state index contributed by atoms with van der Waals surface area (Å²) in [6, 6.07) is 10.8. The van der Waals surface area contributed by atoms with E-state index in [0.29, 0.717) is 22.3 Å². The Hall–Kier alpha value is -2.66. The summed E-state index contributed by atoms with van der Waals surface area (Å²) in [5.74, 6) is -0.298. The largest absolute Gasteiger partial charge is 0.507 e.